The molecule has 1 amide bonds. The first kappa shape index (κ1) is 14.9. The second-order valence-electron chi connectivity index (χ2n) is 3.70. The summed E-state index contributed by atoms with van der Waals surface area (Å²) in [5, 5.41) is 2.48. The minimum atomic E-state index is -0.636. The normalized spacial score (nSPS) is 11.9. The third-order valence-electron chi connectivity index (χ3n) is 2.25. The molecule has 0 spiro atoms. The maximum atomic E-state index is 13.4. The predicted molar refractivity (Wildman–Crippen MR) is 73.0 cm³/mol. The van der Waals surface area contributed by atoms with Gasteiger partial charge in [-0.15, -0.1) is 6.58 Å². The van der Waals surface area contributed by atoms with Crippen LogP contribution in [0.4, 0.5) is 10.1 Å². The quantitative estimate of drug-likeness (QED) is 0.644. The third-order valence-corrected chi connectivity index (χ3v) is 2.74. The van der Waals surface area contributed by atoms with Gasteiger partial charge in [0.1, 0.15) is 11.9 Å². The van der Waals surface area contributed by atoms with Crippen molar-refractivity contribution in [3.05, 3.63) is 41.1 Å². The standard InChI is InChI=1S/C13H15BrFNO2/c1-3-4-7-18-9(2)13(17)16-12-8-10(14)5-6-11(12)15/h3,5-6,8-9H,1,4,7H2,2H3,(H,16,17)/t9-/m1/s1. The summed E-state index contributed by atoms with van der Waals surface area (Å²) < 4.78 is 19.4. The highest BCUT2D eigenvalue weighted by atomic mass is 79.9. The van der Waals surface area contributed by atoms with Gasteiger partial charge in [-0.1, -0.05) is 22.0 Å². The first-order valence-corrected chi connectivity index (χ1v) is 6.32. The Morgan fingerprint density at radius 1 is 1.67 bits per heavy atom. The van der Waals surface area contributed by atoms with Crippen molar-refractivity contribution in [2.75, 3.05) is 11.9 Å². The van der Waals surface area contributed by atoms with Gasteiger partial charge in [0.2, 0.25) is 0 Å². The van der Waals surface area contributed by atoms with Crippen LogP contribution in [-0.4, -0.2) is 18.6 Å². The van der Waals surface area contributed by atoms with Crippen molar-refractivity contribution < 1.29 is 13.9 Å². The van der Waals surface area contributed by atoms with Crippen LogP contribution < -0.4 is 5.32 Å². The lowest BCUT2D eigenvalue weighted by Gasteiger charge is -2.13. The molecule has 1 N–H and O–H groups in total. The summed E-state index contributed by atoms with van der Waals surface area (Å²) in [6, 6.07) is 4.35. The molecule has 0 heterocycles. The molecule has 1 aromatic rings. The monoisotopic (exact) mass is 315 g/mol. The van der Waals surface area contributed by atoms with Crippen molar-refractivity contribution in [2.45, 2.75) is 19.4 Å². The van der Waals surface area contributed by atoms with Crippen molar-refractivity contribution in [3.63, 3.8) is 0 Å². The highest BCUT2D eigenvalue weighted by molar-refractivity contribution is 9.10. The van der Waals surface area contributed by atoms with Gasteiger partial charge in [0.15, 0.2) is 0 Å². The Hall–Kier alpha value is -1.20. The van der Waals surface area contributed by atoms with Crippen molar-refractivity contribution in [1.82, 2.24) is 0 Å². The summed E-state index contributed by atoms with van der Waals surface area (Å²) in [6.45, 7) is 5.59. The summed E-state index contributed by atoms with van der Waals surface area (Å²) in [5.74, 6) is -0.860. The van der Waals surface area contributed by atoms with Gasteiger partial charge in [0.05, 0.1) is 12.3 Å². The minimum Gasteiger partial charge on any atom is -0.368 e. The highest BCUT2D eigenvalue weighted by Gasteiger charge is 2.15. The number of rotatable bonds is 6. The lowest BCUT2D eigenvalue weighted by molar-refractivity contribution is -0.126. The summed E-state index contributed by atoms with van der Waals surface area (Å²) >= 11 is 3.21. The molecule has 1 rings (SSSR count). The molecule has 0 fully saturated rings. The highest BCUT2D eigenvalue weighted by Crippen LogP contribution is 2.20. The van der Waals surface area contributed by atoms with Gasteiger partial charge >= 0.3 is 0 Å². The van der Waals surface area contributed by atoms with E-state index in [9.17, 15) is 9.18 Å². The fourth-order valence-corrected chi connectivity index (χ4v) is 1.59. The van der Waals surface area contributed by atoms with Crippen LogP contribution in [0.5, 0.6) is 0 Å². The van der Waals surface area contributed by atoms with E-state index in [0.29, 0.717) is 17.5 Å². The Kier molecular flexibility index (Phi) is 6.01. The number of amides is 1. The number of carbonyl (C=O) groups excluding carboxylic acids is 1. The number of halogens is 2. The third kappa shape index (κ3) is 4.58. The van der Waals surface area contributed by atoms with E-state index >= 15 is 0 Å². The number of benzene rings is 1. The average Bonchev–Trinajstić information content (AvgIpc) is 2.34. The lowest BCUT2D eigenvalue weighted by Crippen LogP contribution is -2.28. The van der Waals surface area contributed by atoms with Crippen LogP contribution >= 0.6 is 15.9 Å². The smallest absolute Gasteiger partial charge is 0.253 e. The number of ether oxygens (including phenoxy) is 1. The van der Waals surface area contributed by atoms with E-state index in [1.807, 2.05) is 0 Å². The van der Waals surface area contributed by atoms with E-state index in [4.69, 9.17) is 4.74 Å². The Balaban J connectivity index is 2.58. The molecular formula is C13H15BrFNO2. The Bertz CT molecular complexity index is 437. The minimum absolute atomic E-state index is 0.133. The van der Waals surface area contributed by atoms with Crippen LogP contribution in [-0.2, 0) is 9.53 Å². The van der Waals surface area contributed by atoms with Crippen LogP contribution in [0.25, 0.3) is 0 Å². The van der Waals surface area contributed by atoms with Crippen LogP contribution in [0.1, 0.15) is 13.3 Å². The van der Waals surface area contributed by atoms with Crippen molar-refractivity contribution in [3.8, 4) is 0 Å². The maximum absolute atomic E-state index is 13.4. The second kappa shape index (κ2) is 7.28. The van der Waals surface area contributed by atoms with E-state index in [1.165, 1.54) is 12.1 Å². The molecule has 0 aliphatic heterocycles. The van der Waals surface area contributed by atoms with E-state index in [-0.39, 0.29) is 11.6 Å². The van der Waals surface area contributed by atoms with Gasteiger partial charge in [-0.3, -0.25) is 4.79 Å². The first-order chi connectivity index (χ1) is 8.54. The fourth-order valence-electron chi connectivity index (χ4n) is 1.23. The summed E-state index contributed by atoms with van der Waals surface area (Å²) in [4.78, 5) is 11.7. The molecule has 18 heavy (non-hydrogen) atoms. The SMILES string of the molecule is C=CCCO[C@H](C)C(=O)Nc1cc(Br)ccc1F. The molecule has 0 aliphatic rings. The van der Waals surface area contributed by atoms with E-state index < -0.39 is 11.9 Å². The lowest BCUT2D eigenvalue weighted by atomic mass is 10.3. The van der Waals surface area contributed by atoms with Crippen molar-refractivity contribution in [2.24, 2.45) is 0 Å². The Morgan fingerprint density at radius 2 is 2.39 bits per heavy atom. The van der Waals surface area contributed by atoms with Crippen LogP contribution in [0.2, 0.25) is 0 Å². The zero-order valence-electron chi connectivity index (χ0n) is 10.1. The first-order valence-electron chi connectivity index (χ1n) is 5.53. The molecule has 1 aromatic carbocycles. The van der Waals surface area contributed by atoms with Crippen molar-refractivity contribution >= 4 is 27.5 Å². The van der Waals surface area contributed by atoms with Gasteiger partial charge in [0, 0.05) is 4.47 Å². The van der Waals surface area contributed by atoms with Gasteiger partial charge in [0.25, 0.3) is 5.91 Å². The molecular weight excluding hydrogens is 301 g/mol. The molecule has 0 aliphatic carbocycles. The van der Waals surface area contributed by atoms with Crippen LogP contribution in [0.15, 0.2) is 35.3 Å². The van der Waals surface area contributed by atoms with Crippen molar-refractivity contribution in [1.29, 1.82) is 0 Å². The van der Waals surface area contributed by atoms with Gasteiger partial charge in [-0.2, -0.15) is 0 Å². The average molecular weight is 316 g/mol. The number of nitrogens with one attached hydrogen (secondary N) is 1. The van der Waals surface area contributed by atoms with Gasteiger partial charge in [-0.25, -0.2) is 4.39 Å². The van der Waals surface area contributed by atoms with Crippen LogP contribution in [0, 0.1) is 5.82 Å². The number of hydrogen-bond donors (Lipinski definition) is 1. The number of carbonyl (C=O) groups is 1. The molecule has 0 unspecified atom stereocenters. The fraction of sp³-hybridized carbons (Fsp3) is 0.308. The molecule has 0 saturated heterocycles. The molecule has 0 radical (unpaired) electrons. The molecule has 0 bridgehead atoms. The summed E-state index contributed by atoms with van der Waals surface area (Å²) in [6.07, 6.45) is 1.74. The largest absolute Gasteiger partial charge is 0.368 e. The number of anilines is 1. The molecule has 98 valence electrons. The zero-order valence-corrected chi connectivity index (χ0v) is 11.7. The maximum Gasteiger partial charge on any atom is 0.253 e. The summed E-state index contributed by atoms with van der Waals surface area (Å²) in [5.41, 5.74) is 0.133. The molecule has 0 aromatic heterocycles. The predicted octanol–water partition coefficient (Wildman–Crippen LogP) is 3.51. The van der Waals surface area contributed by atoms with Crippen LogP contribution in [0.3, 0.4) is 0 Å². The summed E-state index contributed by atoms with van der Waals surface area (Å²) in [7, 11) is 0. The Morgan fingerprint density at radius 3 is 3.06 bits per heavy atom. The zero-order chi connectivity index (χ0) is 13.5. The topological polar surface area (TPSA) is 38.3 Å². The molecule has 1 atom stereocenters. The van der Waals surface area contributed by atoms with E-state index in [1.54, 1.807) is 19.1 Å². The molecule has 3 nitrogen and oxygen atoms in total. The van der Waals surface area contributed by atoms with Gasteiger partial charge < -0.3 is 10.1 Å². The van der Waals surface area contributed by atoms with E-state index in [2.05, 4.69) is 27.8 Å². The molecule has 5 heteroatoms. The van der Waals surface area contributed by atoms with E-state index in [0.717, 1.165) is 0 Å². The second-order valence-corrected chi connectivity index (χ2v) is 4.62. The molecule has 0 saturated carbocycles. The van der Waals surface area contributed by atoms with Gasteiger partial charge in [-0.05, 0) is 31.5 Å². The Labute approximate surface area is 114 Å². The number of hydrogen-bond acceptors (Lipinski definition) is 2.